The first-order chi connectivity index (χ1) is 28.8. The number of amides is 2. The van der Waals surface area contributed by atoms with Crippen LogP contribution in [0.4, 0.5) is 0 Å². The highest BCUT2D eigenvalue weighted by molar-refractivity contribution is 5.87. The van der Waals surface area contributed by atoms with Crippen LogP contribution in [0.1, 0.15) is 245 Å². The van der Waals surface area contributed by atoms with E-state index in [-0.39, 0.29) is 24.5 Å². The van der Waals surface area contributed by atoms with Crippen molar-refractivity contribution in [2.24, 2.45) is 0 Å². The Kier molecular flexibility index (Phi) is 42.8. The molecule has 2 amide bonds. The second kappa shape index (κ2) is 44.9. The molecule has 9 heteroatoms. The Balaban J connectivity index is 4.33. The lowest BCUT2D eigenvalue weighted by Gasteiger charge is -2.18. The summed E-state index contributed by atoms with van der Waals surface area (Å²) in [6.07, 6.45) is 50.6. The van der Waals surface area contributed by atoms with Crippen LogP contribution < -0.4 is 10.6 Å². The number of aliphatic hydroxyl groups excluding tert-OH is 1. The molecule has 4 N–H and O–H groups in total. The van der Waals surface area contributed by atoms with Gasteiger partial charge in [-0.05, 0) is 70.6 Å². The molecule has 344 valence electrons. The molecule has 0 heterocycles. The highest BCUT2D eigenvalue weighted by atomic mass is 16.5. The Morgan fingerprint density at radius 2 is 0.915 bits per heavy atom. The summed E-state index contributed by atoms with van der Waals surface area (Å²) in [5, 5.41) is 22.6. The van der Waals surface area contributed by atoms with Crippen LogP contribution in [0.15, 0.2) is 24.3 Å². The molecule has 0 aliphatic carbocycles. The molecule has 0 saturated heterocycles. The van der Waals surface area contributed by atoms with Gasteiger partial charge in [0.15, 0.2) is 0 Å². The van der Waals surface area contributed by atoms with Gasteiger partial charge in [0.2, 0.25) is 11.8 Å². The number of carboxylic acids is 1. The van der Waals surface area contributed by atoms with Gasteiger partial charge in [-0.1, -0.05) is 186 Å². The number of hydrogen-bond donors (Lipinski definition) is 4. The van der Waals surface area contributed by atoms with E-state index >= 15 is 0 Å². The highest BCUT2D eigenvalue weighted by Gasteiger charge is 2.19. The molecule has 0 aromatic rings. The van der Waals surface area contributed by atoms with Gasteiger partial charge in [0, 0.05) is 12.8 Å². The second-order valence-electron chi connectivity index (χ2n) is 16.9. The third-order valence-corrected chi connectivity index (χ3v) is 11.2. The normalized spacial score (nSPS) is 12.6. The van der Waals surface area contributed by atoms with E-state index in [1.807, 2.05) is 0 Å². The lowest BCUT2D eigenvalue weighted by atomic mass is 10.0. The Morgan fingerprint density at radius 3 is 1.37 bits per heavy atom. The summed E-state index contributed by atoms with van der Waals surface area (Å²) in [7, 11) is 0. The Morgan fingerprint density at radius 1 is 0.508 bits per heavy atom. The van der Waals surface area contributed by atoms with Crippen molar-refractivity contribution >= 4 is 23.8 Å². The number of carbonyl (C=O) groups is 4. The minimum Gasteiger partial charge on any atom is -0.480 e. The molecule has 2 unspecified atom stereocenters. The molecular weight excluding hydrogens is 741 g/mol. The molecule has 0 fully saturated rings. The van der Waals surface area contributed by atoms with Gasteiger partial charge in [0.05, 0.1) is 13.2 Å². The van der Waals surface area contributed by atoms with Crippen molar-refractivity contribution in [1.82, 2.24) is 10.6 Å². The molecular formula is C50H92N2O7. The van der Waals surface area contributed by atoms with E-state index < -0.39 is 24.5 Å². The van der Waals surface area contributed by atoms with E-state index in [9.17, 15) is 19.2 Å². The average molecular weight is 833 g/mol. The predicted molar refractivity (Wildman–Crippen MR) is 245 cm³/mol. The molecule has 59 heavy (non-hydrogen) atoms. The smallest absolute Gasteiger partial charge is 0.328 e. The number of aliphatic hydroxyl groups is 1. The number of aliphatic carboxylic acids is 1. The zero-order valence-corrected chi connectivity index (χ0v) is 38.3. The van der Waals surface area contributed by atoms with Crippen LogP contribution in [0.3, 0.4) is 0 Å². The van der Waals surface area contributed by atoms with Crippen LogP contribution in [0.25, 0.3) is 0 Å². The van der Waals surface area contributed by atoms with Crippen molar-refractivity contribution in [1.29, 1.82) is 0 Å². The Labute approximate surface area is 362 Å². The summed E-state index contributed by atoms with van der Waals surface area (Å²) in [5.41, 5.74) is 0. The molecule has 0 aliphatic rings. The molecule has 0 aliphatic heterocycles. The summed E-state index contributed by atoms with van der Waals surface area (Å²) in [5.74, 6) is -2.29. The molecule has 0 bridgehead atoms. The number of hydrogen-bond acceptors (Lipinski definition) is 6. The number of nitrogens with one attached hydrogen (secondary N) is 2. The summed E-state index contributed by atoms with van der Waals surface area (Å²) >= 11 is 0. The van der Waals surface area contributed by atoms with Crippen molar-refractivity contribution in [3.8, 4) is 0 Å². The van der Waals surface area contributed by atoms with E-state index in [0.717, 1.165) is 77.0 Å². The first-order valence-electron chi connectivity index (χ1n) is 24.7. The maximum Gasteiger partial charge on any atom is 0.328 e. The van der Waals surface area contributed by atoms with Crippen LogP contribution in [0.5, 0.6) is 0 Å². The summed E-state index contributed by atoms with van der Waals surface area (Å²) in [6.45, 7) is 3.49. The standard InChI is InChI=1S/C50H92N2O7/c1-3-5-7-9-11-13-15-17-19-21-23-25-27-29-34-38-42-49(56)59-45(39-35-31-28-26-24-22-20-18-16-14-12-10-8-6-4-2)40-36-32-30-33-37-41-47(54)51-43-48(55)52-46(44-53)50(57)58/h13,15,19,21,45-46,53H,3-12,14,16-18,20,22-44H2,1-2H3,(H,51,54)(H,52,55)(H,57,58)/b15-13-,21-19-. The van der Waals surface area contributed by atoms with Gasteiger partial charge < -0.3 is 25.6 Å². The van der Waals surface area contributed by atoms with Crippen LogP contribution >= 0.6 is 0 Å². The maximum atomic E-state index is 12.9. The minimum atomic E-state index is -1.38. The van der Waals surface area contributed by atoms with E-state index in [0.29, 0.717) is 19.3 Å². The van der Waals surface area contributed by atoms with Crippen molar-refractivity contribution in [2.75, 3.05) is 13.2 Å². The summed E-state index contributed by atoms with van der Waals surface area (Å²) in [6, 6.07) is -1.38. The SMILES string of the molecule is CCCCCC/C=C\C/C=C\CCCCCCCC(=O)OC(CCCCCCCCCCCCCCCCC)CCCCCCCC(=O)NCC(=O)NC(CO)C(=O)O. The second-order valence-corrected chi connectivity index (χ2v) is 16.9. The Hall–Kier alpha value is -2.68. The molecule has 0 spiro atoms. The fourth-order valence-electron chi connectivity index (χ4n) is 7.39. The minimum absolute atomic E-state index is 0.0179. The van der Waals surface area contributed by atoms with Crippen LogP contribution in [0.2, 0.25) is 0 Å². The predicted octanol–water partition coefficient (Wildman–Crippen LogP) is 12.8. The molecule has 0 aromatic carbocycles. The maximum absolute atomic E-state index is 12.9. The van der Waals surface area contributed by atoms with Crippen LogP contribution in [0, 0.1) is 0 Å². The highest BCUT2D eigenvalue weighted by Crippen LogP contribution is 2.19. The number of unbranched alkanes of at least 4 members (excludes halogenated alkanes) is 27. The van der Waals surface area contributed by atoms with E-state index in [1.54, 1.807) is 0 Å². The largest absolute Gasteiger partial charge is 0.480 e. The third-order valence-electron chi connectivity index (χ3n) is 11.2. The van der Waals surface area contributed by atoms with Crippen molar-refractivity contribution < 1.29 is 34.1 Å². The number of ether oxygens (including phenoxy) is 1. The number of carboxylic acid groups (broad SMARTS) is 1. The lowest BCUT2D eigenvalue weighted by Crippen LogP contribution is -2.47. The fraction of sp³-hybridized carbons (Fsp3) is 0.840. The fourth-order valence-corrected chi connectivity index (χ4v) is 7.39. The molecule has 0 saturated carbocycles. The topological polar surface area (TPSA) is 142 Å². The van der Waals surface area contributed by atoms with E-state index in [4.69, 9.17) is 14.9 Å². The van der Waals surface area contributed by atoms with Gasteiger partial charge in [0.25, 0.3) is 0 Å². The van der Waals surface area contributed by atoms with Crippen molar-refractivity contribution in [3.63, 3.8) is 0 Å². The number of esters is 1. The third kappa shape index (κ3) is 41.8. The first-order valence-corrected chi connectivity index (χ1v) is 24.7. The van der Waals surface area contributed by atoms with Crippen molar-refractivity contribution in [2.45, 2.75) is 257 Å². The van der Waals surface area contributed by atoms with E-state index in [2.05, 4.69) is 48.8 Å². The zero-order chi connectivity index (χ0) is 43.3. The van der Waals surface area contributed by atoms with Gasteiger partial charge in [-0.15, -0.1) is 0 Å². The Bertz CT molecular complexity index is 1050. The van der Waals surface area contributed by atoms with Gasteiger partial charge in [-0.25, -0.2) is 4.79 Å². The quantitative estimate of drug-likeness (QED) is 0.0272. The molecule has 0 rings (SSSR count). The van der Waals surface area contributed by atoms with Crippen LogP contribution in [-0.2, 0) is 23.9 Å². The van der Waals surface area contributed by atoms with Gasteiger partial charge in [-0.3, -0.25) is 14.4 Å². The molecule has 9 nitrogen and oxygen atoms in total. The van der Waals surface area contributed by atoms with Gasteiger partial charge in [-0.2, -0.15) is 0 Å². The van der Waals surface area contributed by atoms with Crippen LogP contribution in [-0.4, -0.2) is 59.3 Å². The van der Waals surface area contributed by atoms with Gasteiger partial charge >= 0.3 is 11.9 Å². The van der Waals surface area contributed by atoms with Gasteiger partial charge in [0.1, 0.15) is 12.1 Å². The zero-order valence-electron chi connectivity index (χ0n) is 38.3. The molecule has 0 radical (unpaired) electrons. The number of allylic oxidation sites excluding steroid dienone is 4. The van der Waals surface area contributed by atoms with Crippen molar-refractivity contribution in [3.05, 3.63) is 24.3 Å². The monoisotopic (exact) mass is 833 g/mol. The van der Waals surface area contributed by atoms with E-state index in [1.165, 1.54) is 135 Å². The average Bonchev–Trinajstić information content (AvgIpc) is 3.22. The number of rotatable bonds is 45. The summed E-state index contributed by atoms with van der Waals surface area (Å²) < 4.78 is 6.06. The molecule has 0 aromatic heterocycles. The lowest BCUT2D eigenvalue weighted by molar-refractivity contribution is -0.150. The summed E-state index contributed by atoms with van der Waals surface area (Å²) in [4.78, 5) is 47.7. The molecule has 2 atom stereocenters. The first kappa shape index (κ1) is 56.3. The number of carbonyl (C=O) groups excluding carboxylic acids is 3.